The first-order valence-electron chi connectivity index (χ1n) is 11.3. The number of carbonyl (C=O) groups excluding carboxylic acids is 3. The zero-order chi connectivity index (χ0) is 25.0. The van der Waals surface area contributed by atoms with Gasteiger partial charge in [0.25, 0.3) is 5.91 Å². The topological polar surface area (TPSA) is 131 Å². The first-order valence-corrected chi connectivity index (χ1v) is 11.3. The van der Waals surface area contributed by atoms with Gasteiger partial charge in [-0.25, -0.2) is 19.6 Å². The molecule has 2 N–H and O–H groups in total. The van der Waals surface area contributed by atoms with E-state index < -0.39 is 11.6 Å². The van der Waals surface area contributed by atoms with Gasteiger partial charge in [0.15, 0.2) is 0 Å². The number of amides is 4. The molecule has 36 heavy (non-hydrogen) atoms. The fraction of sp³-hybridized carbons (Fsp3) is 0.200. The number of rotatable bonds is 4. The molecule has 0 saturated carbocycles. The lowest BCUT2D eigenvalue weighted by Crippen LogP contribution is -2.48. The lowest BCUT2D eigenvalue weighted by molar-refractivity contribution is -0.125. The summed E-state index contributed by atoms with van der Waals surface area (Å²) in [6.45, 7) is -0.194. The van der Waals surface area contributed by atoms with Crippen LogP contribution in [0.4, 0.5) is 10.5 Å². The Balaban J connectivity index is 1.26. The van der Waals surface area contributed by atoms with E-state index in [0.717, 1.165) is 11.1 Å². The number of nitrogens with zero attached hydrogens (tertiary/aromatic N) is 5. The van der Waals surface area contributed by atoms with Gasteiger partial charge in [-0.3, -0.25) is 24.0 Å². The SMILES string of the molecule is CN1C(=O)NC(=O)C12Cc1ccc(NC(=O)Cn3c(=O)n(-c4cncnc4)c4ccccc43)cc1C2. The van der Waals surface area contributed by atoms with E-state index in [9.17, 15) is 19.2 Å². The molecular weight excluding hydrogens is 462 g/mol. The fourth-order valence-corrected chi connectivity index (χ4v) is 5.14. The zero-order valence-electron chi connectivity index (χ0n) is 19.3. The Morgan fingerprint density at radius 1 is 1.03 bits per heavy atom. The number of hydrogen-bond donors (Lipinski definition) is 2. The number of hydrogen-bond acceptors (Lipinski definition) is 6. The van der Waals surface area contributed by atoms with Crippen LogP contribution in [0.3, 0.4) is 0 Å². The Labute approximate surface area is 204 Å². The quantitative estimate of drug-likeness (QED) is 0.420. The number of nitrogens with one attached hydrogen (secondary N) is 2. The van der Waals surface area contributed by atoms with E-state index in [-0.39, 0.29) is 24.0 Å². The molecule has 0 bridgehead atoms. The highest BCUT2D eigenvalue weighted by Gasteiger charge is 2.54. The number of fused-ring (bicyclic) bond motifs is 2. The van der Waals surface area contributed by atoms with Crippen molar-refractivity contribution in [1.29, 1.82) is 0 Å². The molecule has 1 aliphatic carbocycles. The normalized spacial score (nSPS) is 18.6. The van der Waals surface area contributed by atoms with Crippen molar-refractivity contribution < 1.29 is 14.4 Å². The van der Waals surface area contributed by atoms with Crippen molar-refractivity contribution in [1.82, 2.24) is 29.3 Å². The Morgan fingerprint density at radius 3 is 2.47 bits per heavy atom. The van der Waals surface area contributed by atoms with Gasteiger partial charge in [-0.05, 0) is 35.4 Å². The second-order valence-electron chi connectivity index (χ2n) is 9.02. The van der Waals surface area contributed by atoms with Crippen molar-refractivity contribution >= 4 is 34.6 Å². The Morgan fingerprint density at radius 2 is 1.75 bits per heavy atom. The van der Waals surface area contributed by atoms with Crippen LogP contribution in [0.2, 0.25) is 0 Å². The number of carbonyl (C=O) groups is 3. The number of para-hydroxylation sites is 2. The highest BCUT2D eigenvalue weighted by molar-refractivity contribution is 6.07. The second-order valence-corrected chi connectivity index (χ2v) is 9.02. The van der Waals surface area contributed by atoms with Crippen molar-refractivity contribution in [3.8, 4) is 5.69 Å². The van der Waals surface area contributed by atoms with Gasteiger partial charge < -0.3 is 10.2 Å². The smallest absolute Gasteiger partial charge is 0.325 e. The van der Waals surface area contributed by atoms with Crippen LogP contribution in [0.15, 0.2) is 66.0 Å². The number of imide groups is 1. The minimum absolute atomic E-state index is 0.194. The fourth-order valence-electron chi connectivity index (χ4n) is 5.14. The zero-order valence-corrected chi connectivity index (χ0v) is 19.3. The maximum absolute atomic E-state index is 13.3. The minimum atomic E-state index is -0.932. The molecule has 1 unspecified atom stereocenters. The van der Waals surface area contributed by atoms with Gasteiger partial charge >= 0.3 is 11.7 Å². The molecule has 2 aliphatic rings. The molecular formula is C25H21N7O4. The van der Waals surface area contributed by atoms with Gasteiger partial charge in [-0.15, -0.1) is 0 Å². The molecule has 1 fully saturated rings. The third-order valence-electron chi connectivity index (χ3n) is 6.99. The molecule has 11 heteroatoms. The number of aromatic nitrogens is 4. The minimum Gasteiger partial charge on any atom is -0.325 e. The first-order chi connectivity index (χ1) is 17.4. The first kappa shape index (κ1) is 21.7. The van der Waals surface area contributed by atoms with E-state index in [2.05, 4.69) is 20.6 Å². The van der Waals surface area contributed by atoms with Crippen LogP contribution in [0.1, 0.15) is 11.1 Å². The Bertz CT molecular complexity index is 1620. The van der Waals surface area contributed by atoms with E-state index in [1.165, 1.54) is 32.8 Å². The molecule has 2 aromatic carbocycles. The average molecular weight is 483 g/mol. The number of anilines is 1. The molecule has 1 atom stereocenters. The summed E-state index contributed by atoms with van der Waals surface area (Å²) in [6.07, 6.45) is 5.25. The molecule has 1 aliphatic heterocycles. The van der Waals surface area contributed by atoms with Gasteiger partial charge in [0.2, 0.25) is 5.91 Å². The monoisotopic (exact) mass is 483 g/mol. The summed E-state index contributed by atoms with van der Waals surface area (Å²) in [6, 6.07) is 12.2. The summed E-state index contributed by atoms with van der Waals surface area (Å²) >= 11 is 0. The average Bonchev–Trinajstić information content (AvgIpc) is 3.46. The van der Waals surface area contributed by atoms with Crippen LogP contribution in [0.25, 0.3) is 16.7 Å². The maximum Gasteiger partial charge on any atom is 0.334 e. The Hall–Kier alpha value is -4.80. The van der Waals surface area contributed by atoms with Crippen LogP contribution in [-0.2, 0) is 29.0 Å². The van der Waals surface area contributed by atoms with Crippen molar-refractivity contribution in [2.75, 3.05) is 12.4 Å². The van der Waals surface area contributed by atoms with Crippen LogP contribution in [-0.4, -0.2) is 54.4 Å². The molecule has 1 saturated heterocycles. The Kier molecular flexibility index (Phi) is 4.75. The van der Waals surface area contributed by atoms with E-state index >= 15 is 0 Å². The van der Waals surface area contributed by atoms with Crippen molar-refractivity contribution in [3.05, 3.63) is 82.8 Å². The molecule has 4 aromatic rings. The van der Waals surface area contributed by atoms with Gasteiger partial charge in [0, 0.05) is 25.6 Å². The number of urea groups is 1. The highest BCUT2D eigenvalue weighted by Crippen LogP contribution is 2.38. The van der Waals surface area contributed by atoms with E-state index in [1.807, 2.05) is 18.2 Å². The number of imidazole rings is 1. The van der Waals surface area contributed by atoms with Crippen LogP contribution >= 0.6 is 0 Å². The molecule has 11 nitrogen and oxygen atoms in total. The standard InChI is InChI=1S/C25H21N7O4/c1-30-23(35)29-22(34)25(30)9-15-6-7-17(8-16(15)10-25)28-21(33)13-31-19-4-2-3-5-20(19)32(24(31)36)18-11-26-14-27-12-18/h2-8,11-12,14H,9-10,13H2,1H3,(H,28,33)(H,29,34,35). The summed E-state index contributed by atoms with van der Waals surface area (Å²) < 4.78 is 2.88. The van der Waals surface area contributed by atoms with Crippen molar-refractivity contribution in [2.45, 2.75) is 24.9 Å². The van der Waals surface area contributed by atoms with E-state index in [4.69, 9.17) is 0 Å². The van der Waals surface area contributed by atoms with Crippen molar-refractivity contribution in [3.63, 3.8) is 0 Å². The van der Waals surface area contributed by atoms with E-state index in [1.54, 1.807) is 31.3 Å². The molecule has 180 valence electrons. The third-order valence-corrected chi connectivity index (χ3v) is 6.99. The largest absolute Gasteiger partial charge is 0.334 e. The predicted octanol–water partition coefficient (Wildman–Crippen LogP) is 1.24. The number of benzene rings is 2. The summed E-state index contributed by atoms with van der Waals surface area (Å²) in [4.78, 5) is 60.2. The number of likely N-dealkylation sites (N-methyl/N-ethyl adjacent to an activating group) is 1. The lowest BCUT2D eigenvalue weighted by Gasteiger charge is -2.27. The summed E-state index contributed by atoms with van der Waals surface area (Å²) in [7, 11) is 1.62. The molecule has 0 radical (unpaired) electrons. The van der Waals surface area contributed by atoms with Crippen LogP contribution in [0.5, 0.6) is 0 Å². The van der Waals surface area contributed by atoms with Gasteiger partial charge in [0.1, 0.15) is 18.4 Å². The summed E-state index contributed by atoms with van der Waals surface area (Å²) in [5, 5.41) is 5.24. The van der Waals surface area contributed by atoms with Gasteiger partial charge in [-0.2, -0.15) is 0 Å². The predicted molar refractivity (Wildman–Crippen MR) is 130 cm³/mol. The van der Waals surface area contributed by atoms with Crippen LogP contribution < -0.4 is 16.3 Å². The van der Waals surface area contributed by atoms with Crippen molar-refractivity contribution in [2.24, 2.45) is 0 Å². The molecule has 4 amide bonds. The maximum atomic E-state index is 13.3. The van der Waals surface area contributed by atoms with Gasteiger partial charge in [-0.1, -0.05) is 18.2 Å². The molecule has 1 spiro atoms. The van der Waals surface area contributed by atoms with Crippen LogP contribution in [0, 0.1) is 0 Å². The highest BCUT2D eigenvalue weighted by atomic mass is 16.2. The van der Waals surface area contributed by atoms with Gasteiger partial charge in [0.05, 0.1) is 29.1 Å². The lowest BCUT2D eigenvalue weighted by atomic mass is 9.95. The molecule has 3 heterocycles. The molecule has 2 aromatic heterocycles. The third kappa shape index (κ3) is 3.20. The summed E-state index contributed by atoms with van der Waals surface area (Å²) in [5.41, 5.74) is 2.84. The van der Waals surface area contributed by atoms with E-state index in [0.29, 0.717) is 35.2 Å². The molecule has 6 rings (SSSR count). The summed E-state index contributed by atoms with van der Waals surface area (Å²) in [5.74, 6) is -0.681. The second kappa shape index (κ2) is 7.87.